The number of pyridine rings is 1. The van der Waals surface area contributed by atoms with Crippen LogP contribution in [0.2, 0.25) is 0 Å². The summed E-state index contributed by atoms with van der Waals surface area (Å²) in [6.45, 7) is 2.82. The van der Waals surface area contributed by atoms with Gasteiger partial charge in [-0.25, -0.2) is 0 Å². The largest absolute Gasteiger partial charge is 0.490 e. The maximum atomic E-state index is 13.4. The standard InChI is InChI=1S/C23H25N7O3/c1-15(22-27-26-21-5-4-16(14-30(21)22)17-11-25-28(2)13-17)29-7-6-20-19(23(29)31)10-18(12-24-20)33-9-8-32-3/h4-7,10-15,19-20H,8-9H2,1-3H3/t15-,19?,20?/m1/s1. The molecule has 0 fully saturated rings. The average Bonchev–Trinajstić information content (AvgIpc) is 3.45. The Bertz CT molecular complexity index is 1270. The molecule has 3 aromatic heterocycles. The van der Waals surface area contributed by atoms with Crippen LogP contribution in [0.3, 0.4) is 0 Å². The molecule has 0 saturated heterocycles. The smallest absolute Gasteiger partial charge is 0.236 e. The Balaban J connectivity index is 1.42. The van der Waals surface area contributed by atoms with E-state index < -0.39 is 5.92 Å². The van der Waals surface area contributed by atoms with Crippen molar-refractivity contribution in [2.24, 2.45) is 18.0 Å². The highest BCUT2D eigenvalue weighted by molar-refractivity contribution is 5.88. The molecule has 5 heterocycles. The van der Waals surface area contributed by atoms with Gasteiger partial charge in [-0.2, -0.15) is 5.10 Å². The number of allylic oxidation sites excluding steroid dienone is 1. The predicted molar refractivity (Wildman–Crippen MR) is 121 cm³/mol. The van der Waals surface area contributed by atoms with Gasteiger partial charge in [0.1, 0.15) is 12.4 Å². The van der Waals surface area contributed by atoms with Crippen LogP contribution in [0.4, 0.5) is 0 Å². The summed E-state index contributed by atoms with van der Waals surface area (Å²) in [5, 5.41) is 12.9. The average molecular weight is 447 g/mol. The van der Waals surface area contributed by atoms with Gasteiger partial charge >= 0.3 is 0 Å². The van der Waals surface area contributed by atoms with Gasteiger partial charge in [-0.15, -0.1) is 10.2 Å². The molecule has 170 valence electrons. The summed E-state index contributed by atoms with van der Waals surface area (Å²) in [6, 6.07) is 3.34. The molecular formula is C23H25N7O3. The van der Waals surface area contributed by atoms with Crippen LogP contribution < -0.4 is 0 Å². The van der Waals surface area contributed by atoms with Crippen LogP contribution in [-0.4, -0.2) is 67.8 Å². The number of aromatic nitrogens is 5. The topological polar surface area (TPSA) is 99.1 Å². The Hall–Kier alpha value is -3.79. The molecule has 0 radical (unpaired) electrons. The van der Waals surface area contributed by atoms with Gasteiger partial charge in [0.2, 0.25) is 5.91 Å². The number of carbonyl (C=O) groups is 1. The highest BCUT2D eigenvalue weighted by atomic mass is 16.5. The Kier molecular flexibility index (Phi) is 5.51. The monoisotopic (exact) mass is 447 g/mol. The van der Waals surface area contributed by atoms with Gasteiger partial charge in [0.15, 0.2) is 11.5 Å². The van der Waals surface area contributed by atoms with Crippen molar-refractivity contribution >= 4 is 17.8 Å². The lowest BCUT2D eigenvalue weighted by molar-refractivity contribution is -0.134. The summed E-state index contributed by atoms with van der Waals surface area (Å²) in [6.07, 6.45) is 13.0. The lowest BCUT2D eigenvalue weighted by Crippen LogP contribution is -2.42. The van der Waals surface area contributed by atoms with Gasteiger partial charge in [0.25, 0.3) is 0 Å². The lowest BCUT2D eigenvalue weighted by Gasteiger charge is -2.34. The minimum Gasteiger partial charge on any atom is -0.490 e. The molecule has 0 bridgehead atoms. The molecule has 3 atom stereocenters. The zero-order chi connectivity index (χ0) is 22.9. The molecule has 10 nitrogen and oxygen atoms in total. The number of rotatable bonds is 7. The Morgan fingerprint density at radius 2 is 2.03 bits per heavy atom. The van der Waals surface area contributed by atoms with Crippen LogP contribution in [0, 0.1) is 5.92 Å². The van der Waals surface area contributed by atoms with Gasteiger partial charge in [0.05, 0.1) is 37.0 Å². The molecule has 33 heavy (non-hydrogen) atoms. The molecule has 0 aromatic carbocycles. The molecule has 5 rings (SSSR count). The first kappa shape index (κ1) is 21.1. The van der Waals surface area contributed by atoms with Crippen molar-refractivity contribution in [3.05, 3.63) is 60.7 Å². The molecule has 1 amide bonds. The number of amides is 1. The van der Waals surface area contributed by atoms with E-state index in [2.05, 4.69) is 20.3 Å². The molecule has 0 N–H and O–H groups in total. The third-order valence-corrected chi connectivity index (χ3v) is 5.88. The van der Waals surface area contributed by atoms with Crippen LogP contribution in [-0.2, 0) is 21.3 Å². The third-order valence-electron chi connectivity index (χ3n) is 5.88. The van der Waals surface area contributed by atoms with Crippen molar-refractivity contribution in [1.82, 2.24) is 29.3 Å². The van der Waals surface area contributed by atoms with E-state index in [1.165, 1.54) is 0 Å². The van der Waals surface area contributed by atoms with Crippen molar-refractivity contribution in [3.63, 3.8) is 0 Å². The maximum absolute atomic E-state index is 13.4. The summed E-state index contributed by atoms with van der Waals surface area (Å²) in [7, 11) is 3.50. The Morgan fingerprint density at radius 3 is 2.82 bits per heavy atom. The van der Waals surface area contributed by atoms with Crippen molar-refractivity contribution in [3.8, 4) is 11.1 Å². The third kappa shape index (κ3) is 3.93. The number of aryl methyl sites for hydroxylation is 1. The number of aliphatic imine (C=N–C) groups is 1. The van der Waals surface area contributed by atoms with E-state index in [1.54, 1.807) is 29.1 Å². The summed E-state index contributed by atoms with van der Waals surface area (Å²) in [5.41, 5.74) is 2.70. The minimum atomic E-state index is -0.426. The van der Waals surface area contributed by atoms with Gasteiger partial charge in [-0.05, 0) is 31.2 Å². The number of fused-ring (bicyclic) bond motifs is 2. The van der Waals surface area contributed by atoms with Gasteiger partial charge < -0.3 is 14.4 Å². The van der Waals surface area contributed by atoms with Crippen LogP contribution >= 0.6 is 0 Å². The molecular weight excluding hydrogens is 422 g/mol. The van der Waals surface area contributed by atoms with E-state index in [4.69, 9.17) is 9.47 Å². The van der Waals surface area contributed by atoms with Crippen LogP contribution in [0.15, 0.2) is 59.8 Å². The molecule has 10 heteroatoms. The maximum Gasteiger partial charge on any atom is 0.236 e. The molecule has 0 spiro atoms. The van der Waals surface area contributed by atoms with Crippen molar-refractivity contribution in [1.29, 1.82) is 0 Å². The fraction of sp³-hybridized carbons (Fsp3) is 0.348. The first-order valence-electron chi connectivity index (χ1n) is 10.8. The Morgan fingerprint density at radius 1 is 1.15 bits per heavy atom. The van der Waals surface area contributed by atoms with Crippen molar-refractivity contribution in [2.45, 2.75) is 19.0 Å². The fourth-order valence-electron chi connectivity index (χ4n) is 4.09. The summed E-state index contributed by atoms with van der Waals surface area (Å²) < 4.78 is 14.4. The van der Waals surface area contributed by atoms with Crippen molar-refractivity contribution < 1.29 is 14.3 Å². The van der Waals surface area contributed by atoms with E-state index in [1.807, 2.05) is 61.2 Å². The van der Waals surface area contributed by atoms with E-state index in [-0.39, 0.29) is 18.0 Å². The molecule has 0 saturated carbocycles. The summed E-state index contributed by atoms with van der Waals surface area (Å²) in [4.78, 5) is 19.6. The molecule has 2 unspecified atom stereocenters. The SMILES string of the molecule is COCCOC1=CC2C(=O)N([C@H](C)c3nnc4ccc(-c5cnn(C)c5)cn34)C=CC2N=C1. The zero-order valence-corrected chi connectivity index (χ0v) is 18.7. The van der Waals surface area contributed by atoms with E-state index >= 15 is 0 Å². The minimum absolute atomic E-state index is 0.0557. The number of nitrogens with zero attached hydrogens (tertiary/aromatic N) is 7. The first-order valence-corrected chi connectivity index (χ1v) is 10.8. The summed E-state index contributed by atoms with van der Waals surface area (Å²) >= 11 is 0. The molecule has 2 aliphatic rings. The normalized spacial score (nSPS) is 20.8. The second-order valence-electron chi connectivity index (χ2n) is 8.07. The molecule has 0 aliphatic carbocycles. The molecule has 3 aromatic rings. The lowest BCUT2D eigenvalue weighted by atomic mass is 9.92. The first-order chi connectivity index (χ1) is 16.0. The Labute approximate surface area is 190 Å². The number of hydrogen-bond acceptors (Lipinski definition) is 7. The second kappa shape index (κ2) is 8.62. The van der Waals surface area contributed by atoms with Crippen LogP contribution in [0.5, 0.6) is 0 Å². The van der Waals surface area contributed by atoms with E-state index in [0.717, 1.165) is 11.1 Å². The van der Waals surface area contributed by atoms with Crippen molar-refractivity contribution in [2.75, 3.05) is 20.3 Å². The summed E-state index contributed by atoms with van der Waals surface area (Å²) in [5.74, 6) is 0.774. The second-order valence-corrected chi connectivity index (χ2v) is 8.07. The number of methoxy groups -OCH3 is 1. The number of dihydropyridines is 1. The van der Waals surface area contributed by atoms with Gasteiger partial charge in [-0.1, -0.05) is 0 Å². The quantitative estimate of drug-likeness (QED) is 0.515. The van der Waals surface area contributed by atoms with Gasteiger partial charge in [0, 0.05) is 43.9 Å². The predicted octanol–water partition coefficient (Wildman–Crippen LogP) is 2.16. The van der Waals surface area contributed by atoms with E-state index in [0.29, 0.717) is 30.4 Å². The number of ether oxygens (including phenoxy) is 2. The highest BCUT2D eigenvalue weighted by Crippen LogP contribution is 2.31. The number of hydrogen-bond donors (Lipinski definition) is 0. The number of carbonyl (C=O) groups excluding carboxylic acids is 1. The zero-order valence-electron chi connectivity index (χ0n) is 18.7. The van der Waals surface area contributed by atoms with Crippen LogP contribution in [0.25, 0.3) is 16.8 Å². The highest BCUT2D eigenvalue weighted by Gasteiger charge is 2.37. The van der Waals surface area contributed by atoms with Gasteiger partial charge in [-0.3, -0.25) is 18.9 Å². The molecule has 2 aliphatic heterocycles. The van der Waals surface area contributed by atoms with E-state index in [9.17, 15) is 4.79 Å². The van der Waals surface area contributed by atoms with Crippen LogP contribution in [0.1, 0.15) is 18.8 Å². The fourth-order valence-corrected chi connectivity index (χ4v) is 4.09.